The molecule has 0 saturated heterocycles. The Bertz CT molecular complexity index is 980. The van der Waals surface area contributed by atoms with Crippen LogP contribution in [0.4, 0.5) is 5.95 Å². The lowest BCUT2D eigenvalue weighted by Gasteiger charge is -2.23. The van der Waals surface area contributed by atoms with Crippen LogP contribution in [0, 0.1) is 0 Å². The number of carbonyl (C=O) groups is 1. The molecule has 0 fully saturated rings. The maximum Gasteiger partial charge on any atom is 0.247 e. The zero-order valence-corrected chi connectivity index (χ0v) is 14.4. The van der Waals surface area contributed by atoms with Crippen LogP contribution < -0.4 is 5.32 Å². The number of aromatic nitrogens is 6. The Morgan fingerprint density at radius 2 is 2.32 bits per heavy atom. The van der Waals surface area contributed by atoms with Crippen molar-refractivity contribution in [3.05, 3.63) is 52.4 Å². The van der Waals surface area contributed by atoms with Crippen molar-refractivity contribution >= 4 is 29.1 Å². The van der Waals surface area contributed by atoms with E-state index in [1.54, 1.807) is 34.6 Å². The van der Waals surface area contributed by atoms with Gasteiger partial charge in [-0.25, -0.2) is 9.67 Å². The van der Waals surface area contributed by atoms with Crippen LogP contribution in [0.3, 0.4) is 0 Å². The number of nitrogens with zero attached hydrogens (tertiary/aromatic N) is 6. The number of thiophene rings is 1. The number of ketones is 1. The largest absolute Gasteiger partial charge is 0.327 e. The molecule has 1 N–H and O–H groups in total. The first-order valence-corrected chi connectivity index (χ1v) is 8.56. The SMILES string of the molecule is CC1=C(C(=O)/C=C/c2cc(-n3ccnc3)cs2)C(C)n2nnnc2N1. The van der Waals surface area contributed by atoms with Crippen molar-refractivity contribution in [3.8, 4) is 5.69 Å². The maximum absolute atomic E-state index is 12.7. The third-order valence-corrected chi connectivity index (χ3v) is 4.94. The van der Waals surface area contributed by atoms with Crippen molar-refractivity contribution in [3.63, 3.8) is 0 Å². The van der Waals surface area contributed by atoms with E-state index >= 15 is 0 Å². The number of rotatable bonds is 4. The first-order valence-electron chi connectivity index (χ1n) is 7.68. The molecule has 126 valence electrons. The lowest BCUT2D eigenvalue weighted by Crippen LogP contribution is -2.25. The van der Waals surface area contributed by atoms with Gasteiger partial charge in [-0.2, -0.15) is 0 Å². The van der Waals surface area contributed by atoms with E-state index in [1.165, 1.54) is 0 Å². The highest BCUT2D eigenvalue weighted by Gasteiger charge is 2.28. The van der Waals surface area contributed by atoms with Crippen LogP contribution in [-0.2, 0) is 4.79 Å². The zero-order chi connectivity index (χ0) is 17.4. The highest BCUT2D eigenvalue weighted by atomic mass is 32.1. The molecule has 4 rings (SSSR count). The minimum atomic E-state index is -0.215. The van der Waals surface area contributed by atoms with E-state index in [-0.39, 0.29) is 11.8 Å². The molecule has 1 aliphatic rings. The van der Waals surface area contributed by atoms with Crippen LogP contribution >= 0.6 is 11.3 Å². The van der Waals surface area contributed by atoms with Gasteiger partial charge in [-0.3, -0.25) is 4.79 Å². The second-order valence-corrected chi connectivity index (χ2v) is 6.60. The highest BCUT2D eigenvalue weighted by molar-refractivity contribution is 7.11. The number of allylic oxidation sites excluding steroid dienone is 3. The van der Waals surface area contributed by atoms with E-state index in [2.05, 4.69) is 25.8 Å². The van der Waals surface area contributed by atoms with Gasteiger partial charge in [-0.1, -0.05) is 5.10 Å². The van der Waals surface area contributed by atoms with Gasteiger partial charge >= 0.3 is 0 Å². The summed E-state index contributed by atoms with van der Waals surface area (Å²) in [5.41, 5.74) is 2.45. The predicted molar refractivity (Wildman–Crippen MR) is 94.3 cm³/mol. The number of nitrogens with one attached hydrogen (secondary N) is 1. The molecule has 4 heterocycles. The number of fused-ring (bicyclic) bond motifs is 1. The summed E-state index contributed by atoms with van der Waals surface area (Å²) in [5.74, 6) is 0.491. The van der Waals surface area contributed by atoms with Crippen molar-refractivity contribution in [2.24, 2.45) is 0 Å². The molecule has 0 spiro atoms. The molecule has 1 aliphatic heterocycles. The van der Waals surface area contributed by atoms with Gasteiger partial charge in [0.25, 0.3) is 0 Å². The van der Waals surface area contributed by atoms with Gasteiger partial charge in [-0.15, -0.1) is 11.3 Å². The van der Waals surface area contributed by atoms with E-state index in [0.29, 0.717) is 11.5 Å². The van der Waals surface area contributed by atoms with E-state index in [0.717, 1.165) is 16.3 Å². The number of hydrogen-bond acceptors (Lipinski definition) is 7. The van der Waals surface area contributed by atoms with E-state index in [9.17, 15) is 4.79 Å². The smallest absolute Gasteiger partial charge is 0.247 e. The van der Waals surface area contributed by atoms with Gasteiger partial charge in [0.1, 0.15) is 0 Å². The minimum absolute atomic E-state index is 0.0590. The summed E-state index contributed by atoms with van der Waals surface area (Å²) in [7, 11) is 0. The number of imidazole rings is 1. The highest BCUT2D eigenvalue weighted by Crippen LogP contribution is 2.29. The molecule has 1 atom stereocenters. The summed E-state index contributed by atoms with van der Waals surface area (Å²) in [6.07, 6.45) is 8.78. The van der Waals surface area contributed by atoms with Gasteiger partial charge in [-0.05, 0) is 42.5 Å². The normalized spacial score (nSPS) is 17.0. The maximum atomic E-state index is 12.7. The number of tetrazole rings is 1. The van der Waals surface area contributed by atoms with Crippen LogP contribution in [0.2, 0.25) is 0 Å². The molecule has 0 saturated carbocycles. The standard InChI is InChI=1S/C16H15N7OS/c1-10-15(11(2)23-16(18-10)19-20-21-23)14(24)4-3-13-7-12(8-25-13)22-6-5-17-9-22/h3-9,11H,1-2H3,(H,18,19,21)/b4-3+. The summed E-state index contributed by atoms with van der Waals surface area (Å²) in [5, 5.41) is 16.6. The van der Waals surface area contributed by atoms with Gasteiger partial charge < -0.3 is 9.88 Å². The van der Waals surface area contributed by atoms with Gasteiger partial charge in [0.15, 0.2) is 5.78 Å². The molecule has 0 aromatic carbocycles. The van der Waals surface area contributed by atoms with Crippen LogP contribution in [-0.4, -0.2) is 35.5 Å². The molecule has 25 heavy (non-hydrogen) atoms. The van der Waals surface area contributed by atoms with Crippen molar-refractivity contribution in [2.45, 2.75) is 19.9 Å². The van der Waals surface area contributed by atoms with E-state index < -0.39 is 0 Å². The average Bonchev–Trinajstić information content (AvgIpc) is 3.33. The van der Waals surface area contributed by atoms with E-state index in [1.807, 2.05) is 42.1 Å². The Morgan fingerprint density at radius 3 is 3.12 bits per heavy atom. The number of anilines is 1. The number of hydrogen-bond donors (Lipinski definition) is 1. The number of carbonyl (C=O) groups excluding carboxylic acids is 1. The third kappa shape index (κ3) is 2.78. The Hall–Kier alpha value is -3.07. The molecule has 9 heteroatoms. The van der Waals surface area contributed by atoms with Crippen molar-refractivity contribution in [1.82, 2.24) is 29.8 Å². The summed E-state index contributed by atoms with van der Waals surface area (Å²) in [6.45, 7) is 3.77. The van der Waals surface area contributed by atoms with Crippen LogP contribution in [0.15, 0.2) is 47.5 Å². The fraction of sp³-hybridized carbons (Fsp3) is 0.188. The third-order valence-electron chi connectivity index (χ3n) is 4.05. The Kier molecular flexibility index (Phi) is 3.77. The summed E-state index contributed by atoms with van der Waals surface area (Å²) in [4.78, 5) is 17.7. The van der Waals surface area contributed by atoms with E-state index in [4.69, 9.17) is 0 Å². The molecule has 3 aromatic rings. The van der Waals surface area contributed by atoms with Crippen molar-refractivity contribution in [1.29, 1.82) is 0 Å². The Morgan fingerprint density at radius 1 is 1.44 bits per heavy atom. The van der Waals surface area contributed by atoms with Crippen molar-refractivity contribution < 1.29 is 4.79 Å². The van der Waals surface area contributed by atoms with Crippen LogP contribution in [0.25, 0.3) is 11.8 Å². The molecule has 1 unspecified atom stereocenters. The molecule has 0 aliphatic carbocycles. The van der Waals surface area contributed by atoms with Crippen molar-refractivity contribution in [2.75, 3.05) is 5.32 Å². The molecule has 0 amide bonds. The zero-order valence-electron chi connectivity index (χ0n) is 13.6. The first kappa shape index (κ1) is 15.5. The molecule has 8 nitrogen and oxygen atoms in total. The monoisotopic (exact) mass is 353 g/mol. The Balaban J connectivity index is 1.55. The summed E-state index contributed by atoms with van der Waals surface area (Å²) in [6, 6.07) is 1.80. The average molecular weight is 353 g/mol. The first-order chi connectivity index (χ1) is 12.1. The molecule has 0 radical (unpaired) electrons. The fourth-order valence-electron chi connectivity index (χ4n) is 2.82. The fourth-order valence-corrected chi connectivity index (χ4v) is 3.60. The van der Waals surface area contributed by atoms with Gasteiger partial charge in [0.05, 0.1) is 18.1 Å². The lowest BCUT2D eigenvalue weighted by molar-refractivity contribution is -0.111. The summed E-state index contributed by atoms with van der Waals surface area (Å²) >= 11 is 1.57. The molecular formula is C16H15N7OS. The van der Waals surface area contributed by atoms with Crippen LogP contribution in [0.5, 0.6) is 0 Å². The topological polar surface area (TPSA) is 90.5 Å². The lowest BCUT2D eigenvalue weighted by atomic mass is 10.00. The van der Waals surface area contributed by atoms with Gasteiger partial charge in [0, 0.05) is 33.9 Å². The van der Waals surface area contributed by atoms with Crippen LogP contribution in [0.1, 0.15) is 24.8 Å². The molecule has 0 bridgehead atoms. The van der Waals surface area contributed by atoms with Gasteiger partial charge in [0.2, 0.25) is 5.95 Å². The quantitative estimate of drug-likeness (QED) is 0.725. The molecule has 3 aromatic heterocycles. The predicted octanol–water partition coefficient (Wildman–Crippen LogP) is 2.46. The Labute approximate surface area is 147 Å². The second-order valence-electron chi connectivity index (χ2n) is 5.66. The second kappa shape index (κ2) is 6.10. The minimum Gasteiger partial charge on any atom is -0.327 e. The summed E-state index contributed by atoms with van der Waals surface area (Å²) < 4.78 is 3.53. The molecular weight excluding hydrogens is 338 g/mol.